The molecular formula is C28H30O3. The van der Waals surface area contributed by atoms with Gasteiger partial charge in [-0.05, 0) is 89.5 Å². The van der Waals surface area contributed by atoms with Crippen molar-refractivity contribution in [3.8, 4) is 5.75 Å². The van der Waals surface area contributed by atoms with E-state index in [-0.39, 0.29) is 17.3 Å². The zero-order chi connectivity index (χ0) is 22.0. The van der Waals surface area contributed by atoms with Gasteiger partial charge in [-0.15, -0.1) is 0 Å². The summed E-state index contributed by atoms with van der Waals surface area (Å²) in [5.74, 6) is 0.392. The Morgan fingerprint density at radius 3 is 2.61 bits per heavy atom. The zero-order valence-electron chi connectivity index (χ0n) is 18.6. The highest BCUT2D eigenvalue weighted by Gasteiger charge is 2.56. The summed E-state index contributed by atoms with van der Waals surface area (Å²) >= 11 is 0. The minimum absolute atomic E-state index is 0.101. The van der Waals surface area contributed by atoms with Gasteiger partial charge in [0.15, 0.2) is 0 Å². The number of hydrogen-bond acceptors (Lipinski definition) is 3. The van der Waals surface area contributed by atoms with Crippen LogP contribution in [0.4, 0.5) is 0 Å². The second kappa shape index (κ2) is 6.85. The number of methoxy groups -OCH3 is 1. The van der Waals surface area contributed by atoms with Gasteiger partial charge in [0.2, 0.25) is 0 Å². The van der Waals surface area contributed by atoms with E-state index in [1.165, 1.54) is 18.2 Å². The average Bonchev–Trinajstić information content (AvgIpc) is 3.12. The summed E-state index contributed by atoms with van der Waals surface area (Å²) in [6.45, 7) is 8.61. The van der Waals surface area contributed by atoms with Gasteiger partial charge in [0.25, 0.3) is 0 Å². The monoisotopic (exact) mass is 414 g/mol. The summed E-state index contributed by atoms with van der Waals surface area (Å²) in [4.78, 5) is 12.8. The maximum Gasteiger partial charge on any atom is 0.311 e. The number of phenols is 1. The molecule has 1 unspecified atom stereocenters. The van der Waals surface area contributed by atoms with Crippen LogP contribution >= 0.6 is 0 Å². The van der Waals surface area contributed by atoms with Crippen LogP contribution in [-0.4, -0.2) is 18.2 Å². The van der Waals surface area contributed by atoms with Crippen molar-refractivity contribution in [3.05, 3.63) is 76.9 Å². The summed E-state index contributed by atoms with van der Waals surface area (Å²) < 4.78 is 5.25. The van der Waals surface area contributed by atoms with Crippen molar-refractivity contribution < 1.29 is 14.6 Å². The van der Waals surface area contributed by atoms with Crippen molar-refractivity contribution in [1.82, 2.24) is 0 Å². The van der Waals surface area contributed by atoms with Gasteiger partial charge in [0.1, 0.15) is 5.75 Å². The molecule has 3 atom stereocenters. The number of rotatable bonds is 2. The molecule has 3 heteroatoms. The molecule has 0 aliphatic heterocycles. The molecule has 0 saturated heterocycles. The number of allylic oxidation sites excluding steroid dienone is 2. The Labute approximate surface area is 184 Å². The lowest BCUT2D eigenvalue weighted by molar-refractivity contribution is -0.161. The molecule has 31 heavy (non-hydrogen) atoms. The Morgan fingerprint density at radius 1 is 1.16 bits per heavy atom. The van der Waals surface area contributed by atoms with Crippen molar-refractivity contribution in [2.75, 3.05) is 7.11 Å². The molecule has 1 N–H and O–H groups in total. The largest absolute Gasteiger partial charge is 0.507 e. The molecule has 0 bridgehead atoms. The van der Waals surface area contributed by atoms with Gasteiger partial charge in [-0.1, -0.05) is 50.3 Å². The van der Waals surface area contributed by atoms with Gasteiger partial charge in [0.05, 0.1) is 12.5 Å². The quantitative estimate of drug-likeness (QED) is 0.610. The second-order valence-corrected chi connectivity index (χ2v) is 9.89. The number of esters is 1. The summed E-state index contributed by atoms with van der Waals surface area (Å²) in [7, 11) is 1.50. The number of ether oxygens (including phenoxy) is 1. The van der Waals surface area contributed by atoms with Crippen molar-refractivity contribution >= 4 is 17.1 Å². The molecular weight excluding hydrogens is 384 g/mol. The molecule has 3 nitrogen and oxygen atoms in total. The number of aromatic hydroxyl groups is 1. The number of benzene rings is 2. The Bertz CT molecular complexity index is 1130. The van der Waals surface area contributed by atoms with E-state index < -0.39 is 5.41 Å². The maximum atomic E-state index is 12.8. The van der Waals surface area contributed by atoms with Crippen molar-refractivity contribution in [1.29, 1.82) is 0 Å². The minimum atomic E-state index is -0.490. The maximum absolute atomic E-state index is 12.8. The van der Waals surface area contributed by atoms with Crippen LogP contribution in [0.5, 0.6) is 5.75 Å². The van der Waals surface area contributed by atoms with E-state index in [9.17, 15) is 9.90 Å². The van der Waals surface area contributed by atoms with Gasteiger partial charge >= 0.3 is 5.97 Å². The van der Waals surface area contributed by atoms with E-state index in [0.29, 0.717) is 5.75 Å². The van der Waals surface area contributed by atoms with Gasteiger partial charge in [-0.2, -0.15) is 0 Å². The van der Waals surface area contributed by atoms with Crippen LogP contribution in [0, 0.1) is 11.3 Å². The van der Waals surface area contributed by atoms with Gasteiger partial charge in [-0.25, -0.2) is 0 Å². The fraction of sp³-hybridized carbons (Fsp3) is 0.393. The molecule has 0 heterocycles. The highest BCUT2D eigenvalue weighted by atomic mass is 16.5. The first kappa shape index (κ1) is 20.1. The molecule has 2 aromatic rings. The number of hydrogen-bond donors (Lipinski definition) is 1. The predicted molar refractivity (Wildman–Crippen MR) is 124 cm³/mol. The molecule has 3 aliphatic carbocycles. The Kier molecular flexibility index (Phi) is 4.44. The average molecular weight is 415 g/mol. The molecule has 0 radical (unpaired) electrons. The fourth-order valence-electron chi connectivity index (χ4n) is 6.87. The number of fused-ring (bicyclic) bond motifs is 5. The van der Waals surface area contributed by atoms with Crippen LogP contribution < -0.4 is 0 Å². The predicted octanol–water partition coefficient (Wildman–Crippen LogP) is 6.03. The van der Waals surface area contributed by atoms with Crippen LogP contribution in [0.15, 0.2) is 49.1 Å². The van der Waals surface area contributed by atoms with E-state index in [0.717, 1.165) is 59.9 Å². The van der Waals surface area contributed by atoms with Crippen LogP contribution in [0.1, 0.15) is 67.3 Å². The standard InChI is InChI=1S/C28H30O3/c1-17-15-20(18-9-6-5-7-10-18)25-19-11-12-23-27(2,21(19)16-22(29)24(17)25)13-8-14-28(23,3)26(30)31-4/h5-7,9-10,15-16,23,29H,1,8,11-14H2,2-4H3/t23?,27-,28+/m1/s1. The summed E-state index contributed by atoms with van der Waals surface area (Å²) in [5.41, 5.74) is 7.00. The van der Waals surface area contributed by atoms with E-state index in [1.54, 1.807) is 0 Å². The van der Waals surface area contributed by atoms with Gasteiger partial charge in [0, 0.05) is 5.56 Å². The third-order valence-corrected chi connectivity index (χ3v) is 8.29. The van der Waals surface area contributed by atoms with E-state index >= 15 is 0 Å². The molecule has 2 aromatic carbocycles. The molecule has 1 saturated carbocycles. The van der Waals surface area contributed by atoms with Crippen molar-refractivity contribution in [2.45, 2.75) is 51.4 Å². The first-order valence-electron chi connectivity index (χ1n) is 11.3. The van der Waals surface area contributed by atoms with E-state index in [1.807, 2.05) is 24.3 Å². The molecule has 1 fully saturated rings. The molecule has 0 amide bonds. The first-order chi connectivity index (χ1) is 14.8. The second-order valence-electron chi connectivity index (χ2n) is 9.89. The number of phenolic OH excluding ortho intramolecular Hbond substituents is 1. The molecule has 0 spiro atoms. The minimum Gasteiger partial charge on any atom is -0.507 e. The topological polar surface area (TPSA) is 46.5 Å². The number of carbonyl (C=O) groups is 1. The SMILES string of the molecule is C=C1C=C(c2ccccc2)c2c3c(cc(O)c21)[C@@]1(C)CCC[C@](C)(C(=O)OC)C1CC3. The smallest absolute Gasteiger partial charge is 0.311 e. The van der Waals surface area contributed by atoms with Crippen LogP contribution in [0.2, 0.25) is 0 Å². The van der Waals surface area contributed by atoms with E-state index in [2.05, 4.69) is 38.6 Å². The van der Waals surface area contributed by atoms with Crippen molar-refractivity contribution in [2.24, 2.45) is 11.3 Å². The Balaban J connectivity index is 1.71. The number of carbonyl (C=O) groups excluding carboxylic acids is 1. The van der Waals surface area contributed by atoms with Gasteiger partial charge < -0.3 is 9.84 Å². The van der Waals surface area contributed by atoms with Crippen LogP contribution in [-0.2, 0) is 21.4 Å². The third-order valence-electron chi connectivity index (χ3n) is 8.29. The Hall–Kier alpha value is -2.81. The molecule has 3 aliphatic rings. The third kappa shape index (κ3) is 2.68. The summed E-state index contributed by atoms with van der Waals surface area (Å²) in [5, 5.41) is 11.1. The van der Waals surface area contributed by atoms with Crippen molar-refractivity contribution in [3.63, 3.8) is 0 Å². The first-order valence-corrected chi connectivity index (χ1v) is 11.3. The zero-order valence-corrected chi connectivity index (χ0v) is 18.6. The lowest BCUT2D eigenvalue weighted by atomic mass is 9.49. The molecule has 160 valence electrons. The van der Waals surface area contributed by atoms with E-state index in [4.69, 9.17) is 4.74 Å². The lowest BCUT2D eigenvalue weighted by Crippen LogP contribution is -2.52. The molecule has 5 rings (SSSR count). The summed E-state index contributed by atoms with van der Waals surface area (Å²) in [6, 6.07) is 12.3. The molecule has 0 aromatic heterocycles. The van der Waals surface area contributed by atoms with Crippen LogP contribution in [0.25, 0.3) is 11.1 Å². The lowest BCUT2D eigenvalue weighted by Gasteiger charge is -2.54. The Morgan fingerprint density at radius 2 is 1.90 bits per heavy atom. The fourth-order valence-corrected chi connectivity index (χ4v) is 6.87. The highest BCUT2D eigenvalue weighted by Crippen LogP contribution is 2.60. The highest BCUT2D eigenvalue weighted by molar-refractivity contribution is 6.03. The summed E-state index contributed by atoms with van der Waals surface area (Å²) in [6.07, 6.45) is 6.79. The van der Waals surface area contributed by atoms with Gasteiger partial charge in [-0.3, -0.25) is 4.79 Å². The van der Waals surface area contributed by atoms with Crippen LogP contribution in [0.3, 0.4) is 0 Å². The normalized spacial score (nSPS) is 28.9.